The van der Waals surface area contributed by atoms with E-state index in [1.165, 1.54) is 0 Å². The van der Waals surface area contributed by atoms with Crippen molar-refractivity contribution in [2.24, 2.45) is 5.92 Å². The molecule has 1 aromatic rings. The van der Waals surface area contributed by atoms with Gasteiger partial charge in [0.15, 0.2) is 5.78 Å². The number of carboxylic acid groups (broad SMARTS) is 1. The normalized spacial score (nSPS) is 15.7. The summed E-state index contributed by atoms with van der Waals surface area (Å²) in [6.07, 6.45) is 1.34. The highest BCUT2D eigenvalue weighted by atomic mass is 35.5. The number of carbonyl (C=O) groups excluding carboxylic acids is 1. The van der Waals surface area contributed by atoms with Crippen LogP contribution in [0.25, 0.3) is 0 Å². The summed E-state index contributed by atoms with van der Waals surface area (Å²) in [7, 11) is 0. The molecule has 1 fully saturated rings. The second-order valence-corrected chi connectivity index (χ2v) is 5.70. The van der Waals surface area contributed by atoms with Crippen molar-refractivity contribution < 1.29 is 19.4 Å². The lowest BCUT2D eigenvalue weighted by Gasteiger charge is -2.30. The minimum Gasteiger partial charge on any atom is -0.494 e. The van der Waals surface area contributed by atoms with E-state index in [4.69, 9.17) is 9.84 Å². The van der Waals surface area contributed by atoms with Gasteiger partial charge in [-0.3, -0.25) is 14.5 Å². The quantitative estimate of drug-likeness (QED) is 0.806. The lowest BCUT2D eigenvalue weighted by Crippen LogP contribution is -2.35. The third-order valence-electron chi connectivity index (χ3n) is 4.10. The Hall–Kier alpha value is -1.59. The van der Waals surface area contributed by atoms with E-state index in [-0.39, 0.29) is 24.1 Å². The average Bonchev–Trinajstić information content (AvgIpc) is 2.49. The van der Waals surface area contributed by atoms with Crippen LogP contribution in [0.3, 0.4) is 0 Å². The molecular weight excluding hydrogens is 318 g/mol. The summed E-state index contributed by atoms with van der Waals surface area (Å²) in [4.78, 5) is 24.8. The molecule has 1 N–H and O–H groups in total. The summed E-state index contributed by atoms with van der Waals surface area (Å²) < 4.78 is 5.64. The molecule has 0 saturated carbocycles. The average molecular weight is 342 g/mol. The third-order valence-corrected chi connectivity index (χ3v) is 4.10. The van der Waals surface area contributed by atoms with Crippen molar-refractivity contribution in [3.8, 4) is 5.75 Å². The van der Waals surface area contributed by atoms with Crippen LogP contribution in [0.4, 0.5) is 0 Å². The van der Waals surface area contributed by atoms with Crippen LogP contribution in [0.5, 0.6) is 5.75 Å². The number of ether oxygens (including phenoxy) is 1. The van der Waals surface area contributed by atoms with Crippen molar-refractivity contribution in [1.29, 1.82) is 0 Å². The number of ketones is 1. The fraction of sp³-hybridized carbons (Fsp3) is 0.529. The van der Waals surface area contributed by atoms with Crippen molar-refractivity contribution in [2.75, 3.05) is 19.7 Å². The number of hydrogen-bond donors (Lipinski definition) is 1. The molecule has 0 unspecified atom stereocenters. The molecule has 23 heavy (non-hydrogen) atoms. The van der Waals surface area contributed by atoms with Gasteiger partial charge in [0.2, 0.25) is 0 Å². The molecule has 128 valence electrons. The number of nitrogens with zero attached hydrogens (tertiary/aromatic N) is 1. The van der Waals surface area contributed by atoms with Gasteiger partial charge in [0.25, 0.3) is 0 Å². The second-order valence-electron chi connectivity index (χ2n) is 5.70. The molecule has 0 amide bonds. The maximum atomic E-state index is 11.6. The SMILES string of the molecule is CCOc1ccc(C(C)=O)cc1CN1CCC(C(=O)O)CC1.Cl. The molecule has 1 aromatic carbocycles. The van der Waals surface area contributed by atoms with Gasteiger partial charge in [0.05, 0.1) is 12.5 Å². The first kappa shape index (κ1) is 19.5. The van der Waals surface area contributed by atoms with E-state index < -0.39 is 5.97 Å². The van der Waals surface area contributed by atoms with Gasteiger partial charge in [-0.05, 0) is 58.0 Å². The molecule has 1 aliphatic heterocycles. The van der Waals surface area contributed by atoms with Crippen molar-refractivity contribution in [1.82, 2.24) is 4.90 Å². The highest BCUT2D eigenvalue weighted by molar-refractivity contribution is 5.94. The summed E-state index contributed by atoms with van der Waals surface area (Å²) >= 11 is 0. The number of hydrogen-bond acceptors (Lipinski definition) is 4. The van der Waals surface area contributed by atoms with Gasteiger partial charge < -0.3 is 9.84 Å². The van der Waals surface area contributed by atoms with Gasteiger partial charge in [0, 0.05) is 17.7 Å². The lowest BCUT2D eigenvalue weighted by atomic mass is 9.96. The van der Waals surface area contributed by atoms with E-state index in [1.54, 1.807) is 13.0 Å². The van der Waals surface area contributed by atoms with E-state index in [2.05, 4.69) is 4.90 Å². The summed E-state index contributed by atoms with van der Waals surface area (Å²) in [5.74, 6) is -0.0962. The van der Waals surface area contributed by atoms with Crippen LogP contribution < -0.4 is 4.74 Å². The van der Waals surface area contributed by atoms with E-state index in [9.17, 15) is 9.59 Å². The number of Topliss-reactive ketones (excluding diaryl/α,β-unsaturated/α-hetero) is 1. The van der Waals surface area contributed by atoms with E-state index in [0.29, 0.717) is 31.6 Å². The molecule has 1 heterocycles. The monoisotopic (exact) mass is 341 g/mol. The van der Waals surface area contributed by atoms with Crippen LogP contribution in [0.15, 0.2) is 18.2 Å². The molecule has 0 bridgehead atoms. The molecule has 1 aliphatic rings. The standard InChI is InChI=1S/C17H23NO4.ClH/c1-3-22-16-5-4-14(12(2)19)10-15(16)11-18-8-6-13(7-9-18)17(20)21;/h4-5,10,13H,3,6-9,11H2,1-2H3,(H,20,21);1H. The lowest BCUT2D eigenvalue weighted by molar-refractivity contribution is -0.143. The molecule has 1 saturated heterocycles. The predicted molar refractivity (Wildman–Crippen MR) is 90.5 cm³/mol. The summed E-state index contributed by atoms with van der Waals surface area (Å²) in [6.45, 7) is 6.26. The maximum Gasteiger partial charge on any atom is 0.306 e. The van der Waals surface area contributed by atoms with Crippen molar-refractivity contribution in [3.05, 3.63) is 29.3 Å². The fourth-order valence-corrected chi connectivity index (χ4v) is 2.80. The fourth-order valence-electron chi connectivity index (χ4n) is 2.80. The van der Waals surface area contributed by atoms with Gasteiger partial charge >= 0.3 is 5.97 Å². The number of carbonyl (C=O) groups is 2. The molecule has 0 aromatic heterocycles. The zero-order valence-corrected chi connectivity index (χ0v) is 14.4. The molecule has 0 spiro atoms. The number of likely N-dealkylation sites (tertiary alicyclic amines) is 1. The molecule has 0 aliphatic carbocycles. The second kappa shape index (κ2) is 8.89. The van der Waals surface area contributed by atoms with Crippen LogP contribution in [-0.4, -0.2) is 41.5 Å². The third kappa shape index (κ3) is 5.22. The zero-order chi connectivity index (χ0) is 16.1. The largest absolute Gasteiger partial charge is 0.494 e. The number of halogens is 1. The Morgan fingerprint density at radius 3 is 2.48 bits per heavy atom. The first-order valence-electron chi connectivity index (χ1n) is 7.73. The Balaban J connectivity index is 0.00000264. The topological polar surface area (TPSA) is 66.8 Å². The van der Waals surface area contributed by atoms with E-state index in [1.807, 2.05) is 19.1 Å². The summed E-state index contributed by atoms with van der Waals surface area (Å²) in [5, 5.41) is 9.05. The smallest absolute Gasteiger partial charge is 0.306 e. The Bertz CT molecular complexity index is 554. The molecular formula is C17H24ClNO4. The molecule has 0 radical (unpaired) electrons. The van der Waals surface area contributed by atoms with E-state index >= 15 is 0 Å². The van der Waals surface area contributed by atoms with Crippen LogP contribution >= 0.6 is 12.4 Å². The Kier molecular flexibility index (Phi) is 7.52. The van der Waals surface area contributed by atoms with Gasteiger partial charge in [0.1, 0.15) is 5.75 Å². The Morgan fingerprint density at radius 2 is 1.96 bits per heavy atom. The molecule has 6 heteroatoms. The first-order valence-corrected chi connectivity index (χ1v) is 7.73. The van der Waals surface area contributed by atoms with Crippen LogP contribution in [-0.2, 0) is 11.3 Å². The number of benzene rings is 1. The Labute approximate surface area is 143 Å². The highest BCUT2D eigenvalue weighted by Gasteiger charge is 2.25. The molecule has 5 nitrogen and oxygen atoms in total. The number of rotatable bonds is 6. The Morgan fingerprint density at radius 1 is 1.30 bits per heavy atom. The first-order chi connectivity index (χ1) is 10.5. The number of carboxylic acids is 1. The zero-order valence-electron chi connectivity index (χ0n) is 13.6. The van der Waals surface area contributed by atoms with Gasteiger partial charge in [-0.15, -0.1) is 12.4 Å². The summed E-state index contributed by atoms with van der Waals surface area (Å²) in [5.41, 5.74) is 1.67. The van der Waals surface area contributed by atoms with Crippen molar-refractivity contribution in [3.63, 3.8) is 0 Å². The van der Waals surface area contributed by atoms with Crippen molar-refractivity contribution in [2.45, 2.75) is 33.2 Å². The van der Waals surface area contributed by atoms with Crippen LogP contribution in [0.2, 0.25) is 0 Å². The van der Waals surface area contributed by atoms with Crippen LogP contribution in [0, 0.1) is 5.92 Å². The maximum absolute atomic E-state index is 11.6. The minimum absolute atomic E-state index is 0. The van der Waals surface area contributed by atoms with Gasteiger partial charge in [-0.25, -0.2) is 0 Å². The van der Waals surface area contributed by atoms with Gasteiger partial charge in [-0.1, -0.05) is 0 Å². The predicted octanol–water partition coefficient (Wildman–Crippen LogP) is 3.01. The van der Waals surface area contributed by atoms with Gasteiger partial charge in [-0.2, -0.15) is 0 Å². The van der Waals surface area contributed by atoms with Crippen LogP contribution in [0.1, 0.15) is 42.6 Å². The van der Waals surface area contributed by atoms with Crippen molar-refractivity contribution >= 4 is 24.2 Å². The highest BCUT2D eigenvalue weighted by Crippen LogP contribution is 2.25. The minimum atomic E-state index is -0.701. The van der Waals surface area contributed by atoms with E-state index in [0.717, 1.165) is 24.4 Å². The summed E-state index contributed by atoms with van der Waals surface area (Å²) in [6, 6.07) is 5.52. The number of piperidine rings is 1. The number of aliphatic carboxylic acids is 1. The molecule has 2 rings (SSSR count). The molecule has 0 atom stereocenters.